The third-order valence-electron chi connectivity index (χ3n) is 2.68. The minimum absolute atomic E-state index is 0.242. The molecule has 19 heavy (non-hydrogen) atoms. The van der Waals surface area contributed by atoms with Crippen molar-refractivity contribution in [2.45, 2.75) is 13.1 Å². The van der Waals surface area contributed by atoms with E-state index < -0.39 is 5.97 Å². The van der Waals surface area contributed by atoms with Gasteiger partial charge in [0.25, 0.3) is 0 Å². The van der Waals surface area contributed by atoms with Gasteiger partial charge in [0.1, 0.15) is 0 Å². The quantitative estimate of drug-likeness (QED) is 0.855. The minimum atomic E-state index is -0.465. The largest absolute Gasteiger partial charge is 0.463 e. The van der Waals surface area contributed by atoms with Crippen LogP contribution in [0.25, 0.3) is 0 Å². The normalized spacial score (nSPS) is 10.4. The highest BCUT2D eigenvalue weighted by Crippen LogP contribution is 2.12. The number of furan rings is 1. The molecule has 1 aromatic heterocycles. The number of carbonyl (C=O) groups is 1. The number of rotatable bonds is 5. The molecule has 1 N–H and O–H groups in total. The van der Waals surface area contributed by atoms with E-state index in [4.69, 9.17) is 16.0 Å². The zero-order chi connectivity index (χ0) is 13.7. The van der Waals surface area contributed by atoms with E-state index >= 15 is 0 Å². The molecule has 1 aromatic carbocycles. The van der Waals surface area contributed by atoms with Crippen LogP contribution in [0, 0.1) is 0 Å². The summed E-state index contributed by atoms with van der Waals surface area (Å²) in [5, 5.41) is 3.95. The van der Waals surface area contributed by atoms with E-state index in [9.17, 15) is 4.79 Å². The van der Waals surface area contributed by atoms with Crippen molar-refractivity contribution in [2.24, 2.45) is 0 Å². The molecule has 100 valence electrons. The summed E-state index contributed by atoms with van der Waals surface area (Å²) >= 11 is 5.81. The first-order valence-electron chi connectivity index (χ1n) is 5.80. The molecular weight excluding hydrogens is 266 g/mol. The highest BCUT2D eigenvalue weighted by atomic mass is 35.5. The molecule has 0 amide bonds. The Kier molecular flexibility index (Phi) is 4.60. The van der Waals surface area contributed by atoms with Crippen molar-refractivity contribution in [1.82, 2.24) is 5.32 Å². The van der Waals surface area contributed by atoms with Crippen molar-refractivity contribution in [1.29, 1.82) is 0 Å². The van der Waals surface area contributed by atoms with Gasteiger partial charge in [-0.3, -0.25) is 0 Å². The van der Waals surface area contributed by atoms with E-state index in [2.05, 4.69) is 10.1 Å². The van der Waals surface area contributed by atoms with Gasteiger partial charge in [-0.25, -0.2) is 4.79 Å². The fourth-order valence-electron chi connectivity index (χ4n) is 1.69. The Morgan fingerprint density at radius 2 is 2.00 bits per heavy atom. The van der Waals surface area contributed by atoms with Crippen LogP contribution in [0.4, 0.5) is 0 Å². The average Bonchev–Trinajstić information content (AvgIpc) is 2.88. The van der Waals surface area contributed by atoms with Crippen molar-refractivity contribution in [3.63, 3.8) is 0 Å². The first-order valence-corrected chi connectivity index (χ1v) is 6.18. The summed E-state index contributed by atoms with van der Waals surface area (Å²) in [6, 6.07) is 9.34. The number of methoxy groups -OCH3 is 1. The molecular formula is C14H14ClNO3. The van der Waals surface area contributed by atoms with Gasteiger partial charge in [0.2, 0.25) is 5.76 Å². The highest BCUT2D eigenvalue weighted by Gasteiger charge is 2.14. The number of halogens is 1. The maximum absolute atomic E-state index is 11.4. The van der Waals surface area contributed by atoms with Crippen LogP contribution in [0.3, 0.4) is 0 Å². The van der Waals surface area contributed by atoms with E-state index in [1.54, 1.807) is 6.07 Å². The Bertz CT molecular complexity index is 548. The molecule has 0 aliphatic rings. The standard InChI is InChI=1S/C14H14ClNO3/c1-18-14(17)13-11(6-7-19-13)9-16-8-10-2-4-12(15)5-3-10/h2-7,16H,8-9H2,1H3. The third-order valence-corrected chi connectivity index (χ3v) is 2.93. The monoisotopic (exact) mass is 279 g/mol. The van der Waals surface area contributed by atoms with Crippen molar-refractivity contribution < 1.29 is 13.9 Å². The lowest BCUT2D eigenvalue weighted by molar-refractivity contribution is 0.0563. The molecule has 2 aromatic rings. The van der Waals surface area contributed by atoms with Gasteiger partial charge >= 0.3 is 5.97 Å². The molecule has 5 heteroatoms. The number of hydrogen-bond acceptors (Lipinski definition) is 4. The maximum atomic E-state index is 11.4. The summed E-state index contributed by atoms with van der Waals surface area (Å²) in [5.74, 6) is -0.223. The van der Waals surface area contributed by atoms with Gasteiger partial charge in [0.15, 0.2) is 0 Å². The van der Waals surface area contributed by atoms with Gasteiger partial charge < -0.3 is 14.5 Å². The molecule has 0 radical (unpaired) electrons. The Morgan fingerprint density at radius 3 is 2.68 bits per heavy atom. The molecule has 2 rings (SSSR count). The topological polar surface area (TPSA) is 51.5 Å². The van der Waals surface area contributed by atoms with E-state index in [0.29, 0.717) is 18.1 Å². The van der Waals surface area contributed by atoms with Crippen LogP contribution in [-0.4, -0.2) is 13.1 Å². The summed E-state index contributed by atoms with van der Waals surface area (Å²) in [6.45, 7) is 1.21. The van der Waals surface area contributed by atoms with E-state index in [-0.39, 0.29) is 5.76 Å². The molecule has 0 aliphatic carbocycles. The summed E-state index contributed by atoms with van der Waals surface area (Å²) in [6.07, 6.45) is 1.48. The van der Waals surface area contributed by atoms with Crippen molar-refractivity contribution in [3.8, 4) is 0 Å². The molecule has 0 atom stereocenters. The SMILES string of the molecule is COC(=O)c1occc1CNCc1ccc(Cl)cc1. The average molecular weight is 280 g/mol. The molecule has 4 nitrogen and oxygen atoms in total. The molecule has 0 saturated heterocycles. The zero-order valence-electron chi connectivity index (χ0n) is 10.5. The second kappa shape index (κ2) is 6.41. The first kappa shape index (κ1) is 13.6. The van der Waals surface area contributed by atoms with Gasteiger partial charge in [-0.2, -0.15) is 0 Å². The Labute approximate surface area is 116 Å². The lowest BCUT2D eigenvalue weighted by Crippen LogP contribution is -2.14. The van der Waals surface area contributed by atoms with Crippen molar-refractivity contribution >= 4 is 17.6 Å². The summed E-state index contributed by atoms with van der Waals surface area (Å²) < 4.78 is 9.74. The van der Waals surface area contributed by atoms with Gasteiger partial charge in [0.05, 0.1) is 13.4 Å². The van der Waals surface area contributed by atoms with Crippen LogP contribution in [0.15, 0.2) is 41.0 Å². The third kappa shape index (κ3) is 3.59. The van der Waals surface area contributed by atoms with Crippen LogP contribution >= 0.6 is 11.6 Å². The van der Waals surface area contributed by atoms with Gasteiger partial charge in [-0.05, 0) is 23.8 Å². The van der Waals surface area contributed by atoms with Gasteiger partial charge in [-0.1, -0.05) is 23.7 Å². The Hall–Kier alpha value is -1.78. The molecule has 0 spiro atoms. The second-order valence-electron chi connectivity index (χ2n) is 4.00. The van der Waals surface area contributed by atoms with E-state index in [0.717, 1.165) is 11.1 Å². The molecule has 0 unspecified atom stereocenters. The van der Waals surface area contributed by atoms with Gasteiger partial charge in [-0.15, -0.1) is 0 Å². The fourth-order valence-corrected chi connectivity index (χ4v) is 1.82. The van der Waals surface area contributed by atoms with E-state index in [1.165, 1.54) is 13.4 Å². The maximum Gasteiger partial charge on any atom is 0.374 e. The van der Waals surface area contributed by atoms with Gasteiger partial charge in [0, 0.05) is 23.7 Å². The lowest BCUT2D eigenvalue weighted by Gasteiger charge is -2.05. The van der Waals surface area contributed by atoms with Crippen LogP contribution in [0.5, 0.6) is 0 Å². The second-order valence-corrected chi connectivity index (χ2v) is 4.43. The van der Waals surface area contributed by atoms with Crippen LogP contribution in [-0.2, 0) is 17.8 Å². The number of ether oxygens (including phenoxy) is 1. The predicted octanol–water partition coefficient (Wildman–Crippen LogP) is 3.01. The molecule has 1 heterocycles. The number of esters is 1. The Morgan fingerprint density at radius 1 is 1.26 bits per heavy atom. The van der Waals surface area contributed by atoms with Crippen LogP contribution in [0.2, 0.25) is 5.02 Å². The van der Waals surface area contributed by atoms with E-state index in [1.807, 2.05) is 24.3 Å². The van der Waals surface area contributed by atoms with Crippen LogP contribution in [0.1, 0.15) is 21.7 Å². The van der Waals surface area contributed by atoms with Crippen molar-refractivity contribution in [2.75, 3.05) is 7.11 Å². The smallest absolute Gasteiger partial charge is 0.374 e. The number of hydrogen-bond donors (Lipinski definition) is 1. The molecule has 0 fully saturated rings. The molecule has 0 bridgehead atoms. The number of carbonyl (C=O) groups excluding carboxylic acids is 1. The van der Waals surface area contributed by atoms with Crippen molar-refractivity contribution in [3.05, 3.63) is 58.5 Å². The summed E-state index contributed by atoms with van der Waals surface area (Å²) in [4.78, 5) is 11.4. The number of nitrogens with one attached hydrogen (secondary N) is 1. The Balaban J connectivity index is 1.91. The first-order chi connectivity index (χ1) is 9.20. The highest BCUT2D eigenvalue weighted by molar-refractivity contribution is 6.30. The zero-order valence-corrected chi connectivity index (χ0v) is 11.2. The summed E-state index contributed by atoms with van der Waals surface area (Å²) in [5.41, 5.74) is 1.90. The lowest BCUT2D eigenvalue weighted by atomic mass is 10.2. The number of benzene rings is 1. The van der Waals surface area contributed by atoms with Crippen LogP contribution < -0.4 is 5.32 Å². The molecule has 0 aliphatic heterocycles. The predicted molar refractivity (Wildman–Crippen MR) is 72.0 cm³/mol. The summed E-state index contributed by atoms with van der Waals surface area (Å²) in [7, 11) is 1.33. The minimum Gasteiger partial charge on any atom is -0.463 e. The fraction of sp³-hybridized carbons (Fsp3) is 0.214. The molecule has 0 saturated carbocycles.